The molecule has 0 bridgehead atoms. The summed E-state index contributed by atoms with van der Waals surface area (Å²) in [6, 6.07) is 8.12. The number of ether oxygens (including phenoxy) is 1. The molecule has 1 aromatic carbocycles. The quantitative estimate of drug-likeness (QED) is 0.901. The zero-order chi connectivity index (χ0) is 13.8. The number of rotatable bonds is 3. The maximum Gasteiger partial charge on any atom is 0.161 e. The Morgan fingerprint density at radius 2 is 1.95 bits per heavy atom. The van der Waals surface area contributed by atoms with Crippen LogP contribution < -0.4 is 10.1 Å². The summed E-state index contributed by atoms with van der Waals surface area (Å²) in [6.45, 7) is 2.71. The Kier molecular flexibility index (Phi) is 4.20. The molecule has 108 valence electrons. The van der Waals surface area contributed by atoms with Crippen LogP contribution in [0.3, 0.4) is 0 Å². The topological polar surface area (TPSA) is 33.6 Å². The zero-order valence-corrected chi connectivity index (χ0v) is 12.8. The minimum Gasteiger partial charge on any atom is -0.494 e. The first kappa shape index (κ1) is 13.8. The van der Waals surface area contributed by atoms with Gasteiger partial charge in [0, 0.05) is 11.4 Å². The van der Waals surface area contributed by atoms with Gasteiger partial charge < -0.3 is 10.1 Å². The number of hydrogen-bond donors (Lipinski definition) is 1. The third-order valence-electron chi connectivity index (χ3n) is 4.02. The van der Waals surface area contributed by atoms with Gasteiger partial charge in [-0.05, 0) is 44.0 Å². The van der Waals surface area contributed by atoms with Crippen molar-refractivity contribution in [2.45, 2.75) is 44.6 Å². The second-order valence-corrected chi connectivity index (χ2v) is 6.54. The number of hydrogen-bond acceptors (Lipinski definition) is 4. The normalized spacial score (nSPS) is 20.8. The van der Waals surface area contributed by atoms with Crippen molar-refractivity contribution < 1.29 is 4.74 Å². The zero-order valence-electron chi connectivity index (χ0n) is 12.0. The monoisotopic (exact) mass is 290 g/mol. The third kappa shape index (κ3) is 3.11. The fraction of sp³-hybridized carbons (Fsp3) is 0.562. The Morgan fingerprint density at radius 3 is 2.65 bits per heavy atom. The minimum absolute atomic E-state index is 0.233. The van der Waals surface area contributed by atoms with E-state index in [1.165, 1.54) is 32.1 Å². The van der Waals surface area contributed by atoms with Crippen LogP contribution in [-0.2, 0) is 0 Å². The molecule has 20 heavy (non-hydrogen) atoms. The lowest BCUT2D eigenvalue weighted by Gasteiger charge is -2.29. The fourth-order valence-corrected chi connectivity index (χ4v) is 4.14. The first-order valence-electron chi connectivity index (χ1n) is 7.52. The van der Waals surface area contributed by atoms with Crippen molar-refractivity contribution in [1.29, 1.82) is 0 Å². The van der Waals surface area contributed by atoms with Gasteiger partial charge in [-0.15, -0.1) is 0 Å². The van der Waals surface area contributed by atoms with Crippen LogP contribution in [0.15, 0.2) is 29.3 Å². The van der Waals surface area contributed by atoms with Gasteiger partial charge in [0.15, 0.2) is 5.17 Å². The molecule has 1 aromatic rings. The molecule has 4 heteroatoms. The number of benzene rings is 1. The summed E-state index contributed by atoms with van der Waals surface area (Å²) in [6.07, 6.45) is 6.56. The predicted octanol–water partition coefficient (Wildman–Crippen LogP) is 4.30. The molecular weight excluding hydrogens is 268 g/mol. The summed E-state index contributed by atoms with van der Waals surface area (Å²) in [5.74, 6) is 2.06. The molecule has 1 fully saturated rings. The van der Waals surface area contributed by atoms with Crippen LogP contribution in [-0.4, -0.2) is 23.1 Å². The minimum atomic E-state index is 0.233. The number of anilines is 1. The smallest absolute Gasteiger partial charge is 0.161 e. The Hall–Kier alpha value is -1.16. The lowest BCUT2D eigenvalue weighted by molar-refractivity contribution is 0.335. The molecule has 1 heterocycles. The third-order valence-corrected chi connectivity index (χ3v) is 5.17. The van der Waals surface area contributed by atoms with E-state index in [0.717, 1.165) is 22.4 Å². The van der Waals surface area contributed by atoms with Crippen LogP contribution in [0.5, 0.6) is 5.75 Å². The van der Waals surface area contributed by atoms with E-state index in [0.29, 0.717) is 6.61 Å². The molecule has 0 saturated heterocycles. The van der Waals surface area contributed by atoms with Gasteiger partial charge in [0.05, 0.1) is 12.1 Å². The van der Waals surface area contributed by atoms with Gasteiger partial charge in [0.2, 0.25) is 0 Å². The molecule has 1 saturated carbocycles. The number of aliphatic imine (C=N–C) groups is 1. The Labute approximate surface area is 125 Å². The molecule has 0 aromatic heterocycles. The Bertz CT molecular complexity index is 478. The van der Waals surface area contributed by atoms with Gasteiger partial charge in [0.25, 0.3) is 0 Å². The van der Waals surface area contributed by atoms with E-state index < -0.39 is 0 Å². The van der Waals surface area contributed by atoms with Gasteiger partial charge in [0.1, 0.15) is 5.75 Å². The van der Waals surface area contributed by atoms with Gasteiger partial charge in [-0.25, -0.2) is 0 Å². The molecule has 0 radical (unpaired) electrons. The first-order chi connectivity index (χ1) is 9.80. The average Bonchev–Trinajstić information content (AvgIpc) is 2.85. The second kappa shape index (κ2) is 6.08. The van der Waals surface area contributed by atoms with Crippen molar-refractivity contribution in [3.63, 3.8) is 0 Å². The maximum absolute atomic E-state index is 5.46. The van der Waals surface area contributed by atoms with Crippen LogP contribution in [0.25, 0.3) is 0 Å². The van der Waals surface area contributed by atoms with Crippen LogP contribution in [0.1, 0.15) is 39.0 Å². The summed E-state index contributed by atoms with van der Waals surface area (Å²) in [5.41, 5.74) is 1.32. The molecule has 1 aliphatic heterocycles. The maximum atomic E-state index is 5.46. The SMILES string of the molecule is CCOc1ccc(NC2=NC3(CCCCC3)CS2)cc1. The van der Waals surface area contributed by atoms with Gasteiger partial charge in [-0.1, -0.05) is 31.0 Å². The number of nitrogens with one attached hydrogen (secondary N) is 1. The lowest BCUT2D eigenvalue weighted by atomic mass is 9.84. The van der Waals surface area contributed by atoms with Gasteiger partial charge in [-0.3, -0.25) is 4.99 Å². The molecule has 3 nitrogen and oxygen atoms in total. The molecule has 0 amide bonds. The first-order valence-corrected chi connectivity index (χ1v) is 8.51. The van der Waals surface area contributed by atoms with E-state index in [1.807, 2.05) is 30.8 Å². The van der Waals surface area contributed by atoms with Gasteiger partial charge >= 0.3 is 0 Å². The van der Waals surface area contributed by atoms with E-state index in [4.69, 9.17) is 9.73 Å². The summed E-state index contributed by atoms with van der Waals surface area (Å²) in [5, 5.41) is 4.52. The molecule has 1 N–H and O–H groups in total. The highest BCUT2D eigenvalue weighted by Gasteiger charge is 2.36. The van der Waals surface area contributed by atoms with Crippen LogP contribution >= 0.6 is 11.8 Å². The highest BCUT2D eigenvalue weighted by atomic mass is 32.2. The summed E-state index contributed by atoms with van der Waals surface area (Å²) >= 11 is 1.86. The van der Waals surface area contributed by atoms with Crippen molar-refractivity contribution in [3.8, 4) is 5.75 Å². The lowest BCUT2D eigenvalue weighted by Crippen LogP contribution is -2.29. The Balaban J connectivity index is 1.64. The van der Waals surface area contributed by atoms with Crippen molar-refractivity contribution in [2.24, 2.45) is 4.99 Å². The molecular formula is C16H22N2OS. The van der Waals surface area contributed by atoms with Crippen molar-refractivity contribution in [1.82, 2.24) is 0 Å². The summed E-state index contributed by atoms with van der Waals surface area (Å²) in [7, 11) is 0. The van der Waals surface area contributed by atoms with Crippen LogP contribution in [0, 0.1) is 0 Å². The molecule has 3 rings (SSSR count). The van der Waals surface area contributed by atoms with Crippen LogP contribution in [0.4, 0.5) is 5.69 Å². The number of amidine groups is 1. The second-order valence-electron chi connectivity index (χ2n) is 5.57. The fourth-order valence-electron chi connectivity index (χ4n) is 2.94. The van der Waals surface area contributed by atoms with Crippen molar-refractivity contribution in [2.75, 3.05) is 17.7 Å². The highest BCUT2D eigenvalue weighted by Crippen LogP contribution is 2.39. The standard InChI is InChI=1S/C16H22N2OS/c1-2-19-14-8-6-13(7-9-14)17-15-18-16(12-20-15)10-4-3-5-11-16/h6-9H,2-5,10-12H2,1H3,(H,17,18). The molecule has 0 unspecified atom stereocenters. The highest BCUT2D eigenvalue weighted by molar-refractivity contribution is 8.14. The molecule has 1 spiro atoms. The molecule has 2 aliphatic rings. The van der Waals surface area contributed by atoms with E-state index in [1.54, 1.807) is 0 Å². The Morgan fingerprint density at radius 1 is 1.20 bits per heavy atom. The van der Waals surface area contributed by atoms with E-state index in [9.17, 15) is 0 Å². The van der Waals surface area contributed by atoms with Crippen LogP contribution in [0.2, 0.25) is 0 Å². The summed E-state index contributed by atoms with van der Waals surface area (Å²) < 4.78 is 5.46. The van der Waals surface area contributed by atoms with Gasteiger partial charge in [-0.2, -0.15) is 0 Å². The average molecular weight is 290 g/mol. The molecule has 1 aliphatic carbocycles. The number of thioether (sulfide) groups is 1. The van der Waals surface area contributed by atoms with Crippen molar-refractivity contribution >= 4 is 22.6 Å². The molecule has 0 atom stereocenters. The largest absolute Gasteiger partial charge is 0.494 e. The number of nitrogens with zero attached hydrogens (tertiary/aromatic N) is 1. The van der Waals surface area contributed by atoms with E-state index in [2.05, 4.69) is 17.4 Å². The predicted molar refractivity (Wildman–Crippen MR) is 86.9 cm³/mol. The van der Waals surface area contributed by atoms with E-state index >= 15 is 0 Å². The van der Waals surface area contributed by atoms with Crippen molar-refractivity contribution in [3.05, 3.63) is 24.3 Å². The summed E-state index contributed by atoms with van der Waals surface area (Å²) in [4.78, 5) is 4.97. The van der Waals surface area contributed by atoms with E-state index in [-0.39, 0.29) is 5.54 Å².